The third kappa shape index (κ3) is 5.42. The first-order valence-electron chi connectivity index (χ1n) is 8.99. The van der Waals surface area contributed by atoms with E-state index in [-0.39, 0.29) is 24.0 Å². The van der Waals surface area contributed by atoms with Gasteiger partial charge in [-0.2, -0.15) is 5.10 Å². The first-order valence-corrected chi connectivity index (χ1v) is 8.99. The lowest BCUT2D eigenvalue weighted by Crippen LogP contribution is -2.38. The van der Waals surface area contributed by atoms with E-state index in [1.807, 2.05) is 11.7 Å². The maximum Gasteiger partial charge on any atom is 0.191 e. The Balaban J connectivity index is 0.00000338. The fraction of sp³-hybridized carbons (Fsp3) is 0.647. The number of guanidine groups is 1. The minimum atomic E-state index is 0. The van der Waals surface area contributed by atoms with Crippen molar-refractivity contribution < 1.29 is 0 Å². The number of aromatic nitrogens is 5. The Morgan fingerprint density at radius 1 is 1.15 bits per heavy atom. The van der Waals surface area contributed by atoms with E-state index in [0.717, 1.165) is 56.4 Å². The van der Waals surface area contributed by atoms with Crippen molar-refractivity contribution in [1.82, 2.24) is 35.2 Å². The molecule has 0 unspecified atom stereocenters. The normalized spacial score (nSPS) is 11.3. The van der Waals surface area contributed by atoms with Crippen LogP contribution in [-0.4, -0.2) is 44.1 Å². The van der Waals surface area contributed by atoms with Crippen LogP contribution in [0.15, 0.2) is 11.3 Å². The molecule has 0 aliphatic carbocycles. The molecule has 26 heavy (non-hydrogen) atoms. The quantitative estimate of drug-likeness (QED) is 0.346. The van der Waals surface area contributed by atoms with Crippen LogP contribution < -0.4 is 10.6 Å². The molecule has 8 nitrogen and oxygen atoms in total. The molecule has 2 heterocycles. The average Bonchev–Trinajstić information content (AvgIpc) is 3.20. The lowest BCUT2D eigenvalue weighted by atomic mass is 10.1. The minimum Gasteiger partial charge on any atom is -0.355 e. The topological polar surface area (TPSA) is 85.0 Å². The molecule has 9 heteroatoms. The fourth-order valence-corrected chi connectivity index (χ4v) is 3.02. The van der Waals surface area contributed by atoms with Gasteiger partial charge >= 0.3 is 0 Å². The molecule has 146 valence electrons. The zero-order valence-electron chi connectivity index (χ0n) is 16.4. The highest BCUT2D eigenvalue weighted by atomic mass is 127. The van der Waals surface area contributed by atoms with Gasteiger partial charge < -0.3 is 15.2 Å². The molecule has 2 rings (SSSR count). The van der Waals surface area contributed by atoms with Crippen molar-refractivity contribution in [2.45, 2.75) is 53.1 Å². The number of hydrogen-bond acceptors (Lipinski definition) is 4. The lowest BCUT2D eigenvalue weighted by molar-refractivity contribution is 0.632. The van der Waals surface area contributed by atoms with E-state index in [2.05, 4.69) is 56.3 Å². The molecule has 0 saturated carbocycles. The second-order valence-corrected chi connectivity index (χ2v) is 5.85. The van der Waals surface area contributed by atoms with Crippen LogP contribution in [0.3, 0.4) is 0 Å². The summed E-state index contributed by atoms with van der Waals surface area (Å²) in [6, 6.07) is 0. The molecule has 0 radical (unpaired) electrons. The molecular weight excluding hydrogens is 443 g/mol. The molecule has 0 aliphatic heterocycles. The molecule has 0 aliphatic rings. The van der Waals surface area contributed by atoms with Gasteiger partial charge in [0.2, 0.25) is 0 Å². The smallest absolute Gasteiger partial charge is 0.191 e. The molecule has 0 saturated heterocycles. The number of hydrogen-bond donors (Lipinski definition) is 2. The third-order valence-electron chi connectivity index (χ3n) is 4.34. The number of nitrogens with one attached hydrogen (secondary N) is 2. The summed E-state index contributed by atoms with van der Waals surface area (Å²) in [4.78, 5) is 4.31. The van der Waals surface area contributed by atoms with Crippen molar-refractivity contribution in [3.8, 4) is 0 Å². The van der Waals surface area contributed by atoms with Gasteiger partial charge in [0.15, 0.2) is 5.96 Å². The Hall–Kier alpha value is -1.65. The maximum atomic E-state index is 4.62. The molecule has 2 aromatic heterocycles. The zero-order valence-corrected chi connectivity index (χ0v) is 18.7. The van der Waals surface area contributed by atoms with Crippen LogP contribution in [0.1, 0.15) is 43.5 Å². The molecule has 0 atom stereocenters. The lowest BCUT2D eigenvalue weighted by Gasteiger charge is -2.13. The Morgan fingerprint density at radius 3 is 2.54 bits per heavy atom. The number of nitrogens with zero attached hydrogens (tertiary/aromatic N) is 6. The molecule has 0 spiro atoms. The van der Waals surface area contributed by atoms with Crippen LogP contribution in [0.2, 0.25) is 0 Å². The predicted octanol–water partition coefficient (Wildman–Crippen LogP) is 1.68. The SMILES string of the molecule is CCc1nn(C)c(CC)c1CNC(=NC)NCCn1cnnc1CC.I. The van der Waals surface area contributed by atoms with Crippen molar-refractivity contribution in [2.24, 2.45) is 12.0 Å². The van der Waals surface area contributed by atoms with Crippen molar-refractivity contribution in [2.75, 3.05) is 13.6 Å². The van der Waals surface area contributed by atoms with E-state index in [9.17, 15) is 0 Å². The molecule has 2 aromatic rings. The van der Waals surface area contributed by atoms with Crippen molar-refractivity contribution in [3.05, 3.63) is 29.1 Å². The van der Waals surface area contributed by atoms with Gasteiger partial charge in [-0.1, -0.05) is 20.8 Å². The summed E-state index contributed by atoms with van der Waals surface area (Å²) in [5.74, 6) is 1.79. The minimum absolute atomic E-state index is 0. The maximum absolute atomic E-state index is 4.62. The molecular formula is C17H31IN8. The van der Waals surface area contributed by atoms with Gasteiger partial charge in [0.05, 0.1) is 5.69 Å². The van der Waals surface area contributed by atoms with Crippen LogP contribution in [-0.2, 0) is 39.4 Å². The first kappa shape index (κ1) is 22.4. The summed E-state index contributed by atoms with van der Waals surface area (Å²) in [7, 11) is 3.80. The second kappa shape index (κ2) is 11.1. The summed E-state index contributed by atoms with van der Waals surface area (Å²) in [6.45, 7) is 8.69. The molecule has 0 amide bonds. The zero-order chi connectivity index (χ0) is 18.2. The number of aliphatic imine (C=N–C) groups is 1. The van der Waals surface area contributed by atoms with Crippen molar-refractivity contribution in [3.63, 3.8) is 0 Å². The number of rotatable bonds is 8. The molecule has 2 N–H and O–H groups in total. The monoisotopic (exact) mass is 474 g/mol. The highest BCUT2D eigenvalue weighted by Crippen LogP contribution is 2.15. The van der Waals surface area contributed by atoms with E-state index in [1.54, 1.807) is 13.4 Å². The number of halogens is 1. The predicted molar refractivity (Wildman–Crippen MR) is 115 cm³/mol. The van der Waals surface area contributed by atoms with Gasteiger partial charge in [0, 0.05) is 51.4 Å². The van der Waals surface area contributed by atoms with Gasteiger partial charge in [-0.05, 0) is 12.8 Å². The summed E-state index contributed by atoms with van der Waals surface area (Å²) in [6.07, 6.45) is 4.56. The second-order valence-electron chi connectivity index (χ2n) is 5.85. The highest BCUT2D eigenvalue weighted by molar-refractivity contribution is 14.0. The Kier molecular flexibility index (Phi) is 9.60. The van der Waals surface area contributed by atoms with Gasteiger partial charge in [-0.15, -0.1) is 34.2 Å². The van der Waals surface area contributed by atoms with Gasteiger partial charge in [0.1, 0.15) is 12.2 Å². The standard InChI is InChI=1S/C17H30N8.HI/c1-6-14-13(15(7-2)24(5)23-14)11-20-17(18-4)19-9-10-25-12-21-22-16(25)8-3;/h12H,6-11H2,1-5H3,(H2,18,19,20);1H. The van der Waals surface area contributed by atoms with Crippen LogP contribution in [0.25, 0.3) is 0 Å². The van der Waals surface area contributed by atoms with Crippen LogP contribution >= 0.6 is 24.0 Å². The van der Waals surface area contributed by atoms with Crippen LogP contribution in [0.5, 0.6) is 0 Å². The van der Waals surface area contributed by atoms with E-state index in [1.165, 1.54) is 11.3 Å². The summed E-state index contributed by atoms with van der Waals surface area (Å²) in [5, 5.41) is 19.4. The van der Waals surface area contributed by atoms with E-state index >= 15 is 0 Å². The Morgan fingerprint density at radius 2 is 1.92 bits per heavy atom. The fourth-order valence-electron chi connectivity index (χ4n) is 3.02. The molecule has 0 aromatic carbocycles. The first-order chi connectivity index (χ1) is 12.1. The summed E-state index contributed by atoms with van der Waals surface area (Å²) < 4.78 is 4.05. The molecule has 0 fully saturated rings. The van der Waals surface area contributed by atoms with Crippen LogP contribution in [0, 0.1) is 0 Å². The summed E-state index contributed by atoms with van der Waals surface area (Å²) in [5.41, 5.74) is 3.71. The van der Waals surface area contributed by atoms with Gasteiger partial charge in [0.25, 0.3) is 0 Å². The Bertz CT molecular complexity index is 704. The van der Waals surface area contributed by atoms with E-state index < -0.39 is 0 Å². The van der Waals surface area contributed by atoms with E-state index in [4.69, 9.17) is 0 Å². The average molecular weight is 474 g/mol. The summed E-state index contributed by atoms with van der Waals surface area (Å²) >= 11 is 0. The van der Waals surface area contributed by atoms with Crippen molar-refractivity contribution in [1.29, 1.82) is 0 Å². The number of aryl methyl sites for hydroxylation is 3. The Labute approximate surface area is 172 Å². The third-order valence-corrected chi connectivity index (χ3v) is 4.34. The van der Waals surface area contributed by atoms with Crippen molar-refractivity contribution >= 4 is 29.9 Å². The van der Waals surface area contributed by atoms with Gasteiger partial charge in [-0.3, -0.25) is 9.67 Å². The highest BCUT2D eigenvalue weighted by Gasteiger charge is 2.13. The molecule has 0 bridgehead atoms. The van der Waals surface area contributed by atoms with Crippen LogP contribution in [0.4, 0.5) is 0 Å². The van der Waals surface area contributed by atoms with E-state index in [0.29, 0.717) is 0 Å². The van der Waals surface area contributed by atoms with Gasteiger partial charge in [-0.25, -0.2) is 0 Å². The largest absolute Gasteiger partial charge is 0.355 e.